The first-order valence-corrected chi connectivity index (χ1v) is 8.10. The maximum absolute atomic E-state index is 12.2. The largest absolute Gasteiger partial charge is 0.497 e. The van der Waals surface area contributed by atoms with Gasteiger partial charge in [-0.15, -0.1) is 0 Å². The van der Waals surface area contributed by atoms with Gasteiger partial charge in [0.1, 0.15) is 11.5 Å². The molecular formula is C20H18O7. The summed E-state index contributed by atoms with van der Waals surface area (Å²) in [5.41, 5.74) is 1.08. The highest BCUT2D eigenvalue weighted by Crippen LogP contribution is 2.32. The number of Topliss-reactive ketones (excluding diaryl/α,β-unsaturated/α-hetero) is 1. The number of carbonyl (C=O) groups is 2. The van der Waals surface area contributed by atoms with Crippen molar-refractivity contribution in [2.75, 3.05) is 27.6 Å². The van der Waals surface area contributed by atoms with Gasteiger partial charge in [-0.3, -0.25) is 4.79 Å². The molecule has 0 atom stereocenters. The molecule has 0 spiro atoms. The number of carbonyl (C=O) groups excluding carboxylic acids is 2. The maximum Gasteiger partial charge on any atom is 0.331 e. The molecular weight excluding hydrogens is 352 g/mol. The van der Waals surface area contributed by atoms with Gasteiger partial charge in [0, 0.05) is 17.7 Å². The van der Waals surface area contributed by atoms with E-state index < -0.39 is 5.97 Å². The van der Waals surface area contributed by atoms with Gasteiger partial charge >= 0.3 is 5.97 Å². The third-order valence-electron chi connectivity index (χ3n) is 3.83. The molecule has 1 heterocycles. The van der Waals surface area contributed by atoms with Gasteiger partial charge < -0.3 is 23.7 Å². The summed E-state index contributed by atoms with van der Waals surface area (Å²) in [6, 6.07) is 10.0. The van der Waals surface area contributed by atoms with Gasteiger partial charge in [0.05, 0.1) is 14.2 Å². The monoisotopic (exact) mass is 370 g/mol. The van der Waals surface area contributed by atoms with Crippen molar-refractivity contribution < 1.29 is 33.3 Å². The fraction of sp³-hybridized carbons (Fsp3) is 0.200. The molecule has 7 nitrogen and oxygen atoms in total. The summed E-state index contributed by atoms with van der Waals surface area (Å²) in [6.07, 6.45) is 2.79. The van der Waals surface area contributed by atoms with Crippen LogP contribution in [-0.2, 0) is 9.53 Å². The fourth-order valence-corrected chi connectivity index (χ4v) is 2.43. The standard InChI is InChI=1S/C20H18O7/c1-23-15-7-13(8-16(10-15)24-2)3-6-20(22)25-11-17(21)14-4-5-18-19(9-14)27-12-26-18/h3-10H,11-12H2,1-2H3/b6-3+. The second-order valence-electron chi connectivity index (χ2n) is 5.58. The number of rotatable bonds is 7. The Hall–Kier alpha value is -3.48. The Bertz CT molecular complexity index is 864. The molecule has 3 rings (SSSR count). The lowest BCUT2D eigenvalue weighted by Crippen LogP contribution is -2.12. The van der Waals surface area contributed by atoms with Crippen molar-refractivity contribution in [1.29, 1.82) is 0 Å². The minimum absolute atomic E-state index is 0.127. The number of benzene rings is 2. The predicted molar refractivity (Wildman–Crippen MR) is 96.4 cm³/mol. The van der Waals surface area contributed by atoms with Gasteiger partial charge in [0.15, 0.2) is 23.9 Å². The molecule has 2 aromatic rings. The number of esters is 1. The van der Waals surface area contributed by atoms with Crippen molar-refractivity contribution in [1.82, 2.24) is 0 Å². The van der Waals surface area contributed by atoms with Crippen molar-refractivity contribution >= 4 is 17.8 Å². The van der Waals surface area contributed by atoms with E-state index in [1.165, 1.54) is 20.3 Å². The minimum atomic E-state index is -0.633. The second kappa shape index (κ2) is 8.27. The summed E-state index contributed by atoms with van der Waals surface area (Å²) in [7, 11) is 3.08. The molecule has 1 aliphatic heterocycles. The smallest absolute Gasteiger partial charge is 0.331 e. The highest BCUT2D eigenvalue weighted by Gasteiger charge is 2.16. The van der Waals surface area contributed by atoms with Gasteiger partial charge in [0.25, 0.3) is 0 Å². The van der Waals surface area contributed by atoms with Crippen LogP contribution in [0.15, 0.2) is 42.5 Å². The SMILES string of the molecule is COc1cc(/C=C/C(=O)OCC(=O)c2ccc3c(c2)OCO3)cc(OC)c1. The van der Waals surface area contributed by atoms with Gasteiger partial charge in [0.2, 0.25) is 6.79 Å². The summed E-state index contributed by atoms with van der Waals surface area (Å²) in [5, 5.41) is 0. The van der Waals surface area contributed by atoms with Crippen LogP contribution in [0.4, 0.5) is 0 Å². The van der Waals surface area contributed by atoms with E-state index in [4.69, 9.17) is 23.7 Å². The summed E-state index contributed by atoms with van der Waals surface area (Å²) in [4.78, 5) is 24.0. The Morgan fingerprint density at radius 3 is 2.41 bits per heavy atom. The Labute approximate surface area is 156 Å². The Morgan fingerprint density at radius 2 is 1.70 bits per heavy atom. The summed E-state index contributed by atoms with van der Waals surface area (Å²) in [5.74, 6) is 1.31. The highest BCUT2D eigenvalue weighted by molar-refractivity contribution is 5.99. The molecule has 27 heavy (non-hydrogen) atoms. The average Bonchev–Trinajstić information content (AvgIpc) is 3.17. The van der Waals surface area contributed by atoms with Gasteiger partial charge in [-0.25, -0.2) is 4.79 Å². The van der Waals surface area contributed by atoms with Crippen molar-refractivity contribution in [3.8, 4) is 23.0 Å². The highest BCUT2D eigenvalue weighted by atomic mass is 16.7. The normalized spacial score (nSPS) is 12.1. The second-order valence-corrected chi connectivity index (χ2v) is 5.58. The molecule has 2 aromatic carbocycles. The van der Waals surface area contributed by atoms with Gasteiger partial charge in [-0.2, -0.15) is 0 Å². The van der Waals surface area contributed by atoms with Crippen LogP contribution in [0.1, 0.15) is 15.9 Å². The zero-order valence-electron chi connectivity index (χ0n) is 14.9. The number of fused-ring (bicyclic) bond motifs is 1. The first-order valence-electron chi connectivity index (χ1n) is 8.10. The molecule has 0 N–H and O–H groups in total. The fourth-order valence-electron chi connectivity index (χ4n) is 2.43. The van der Waals surface area contributed by atoms with Gasteiger partial charge in [-0.1, -0.05) is 0 Å². The van der Waals surface area contributed by atoms with Crippen LogP contribution in [0.3, 0.4) is 0 Å². The van der Waals surface area contributed by atoms with Crippen LogP contribution in [0.5, 0.6) is 23.0 Å². The van der Waals surface area contributed by atoms with E-state index in [1.54, 1.807) is 42.5 Å². The third-order valence-corrected chi connectivity index (χ3v) is 3.83. The molecule has 7 heteroatoms. The number of ketones is 1. The van der Waals surface area contributed by atoms with E-state index in [0.29, 0.717) is 34.1 Å². The van der Waals surface area contributed by atoms with Crippen LogP contribution >= 0.6 is 0 Å². The molecule has 140 valence electrons. The zero-order valence-corrected chi connectivity index (χ0v) is 14.9. The quantitative estimate of drug-likeness (QED) is 0.421. The molecule has 0 radical (unpaired) electrons. The lowest BCUT2D eigenvalue weighted by molar-refractivity contribution is -0.136. The van der Waals surface area contributed by atoms with Crippen molar-refractivity contribution in [3.63, 3.8) is 0 Å². The van der Waals surface area contributed by atoms with E-state index >= 15 is 0 Å². The molecule has 0 aromatic heterocycles. The summed E-state index contributed by atoms with van der Waals surface area (Å²) >= 11 is 0. The average molecular weight is 370 g/mol. The predicted octanol–water partition coefficient (Wildman–Crippen LogP) is 2.87. The molecule has 0 fully saturated rings. The number of ether oxygens (including phenoxy) is 5. The van der Waals surface area contributed by atoms with E-state index in [9.17, 15) is 9.59 Å². The molecule has 0 amide bonds. The molecule has 0 aliphatic carbocycles. The van der Waals surface area contributed by atoms with Crippen LogP contribution in [0, 0.1) is 0 Å². The third kappa shape index (κ3) is 4.58. The Balaban J connectivity index is 1.58. The molecule has 0 saturated carbocycles. The number of hydrogen-bond donors (Lipinski definition) is 0. The van der Waals surface area contributed by atoms with E-state index in [2.05, 4.69) is 0 Å². The molecule has 0 saturated heterocycles. The topological polar surface area (TPSA) is 80.3 Å². The molecule has 1 aliphatic rings. The zero-order chi connectivity index (χ0) is 19.2. The van der Waals surface area contributed by atoms with Crippen molar-refractivity contribution in [2.24, 2.45) is 0 Å². The lowest BCUT2D eigenvalue weighted by Gasteiger charge is -2.06. The first-order chi connectivity index (χ1) is 13.1. The maximum atomic E-state index is 12.2. The van der Waals surface area contributed by atoms with Crippen molar-refractivity contribution in [3.05, 3.63) is 53.6 Å². The van der Waals surface area contributed by atoms with Crippen LogP contribution in [0.2, 0.25) is 0 Å². The molecule has 0 unspecified atom stereocenters. The van der Waals surface area contributed by atoms with E-state index in [-0.39, 0.29) is 19.2 Å². The Kier molecular flexibility index (Phi) is 5.61. The van der Waals surface area contributed by atoms with Gasteiger partial charge in [-0.05, 0) is 42.0 Å². The van der Waals surface area contributed by atoms with Crippen LogP contribution in [0.25, 0.3) is 6.08 Å². The van der Waals surface area contributed by atoms with E-state index in [0.717, 1.165) is 0 Å². The van der Waals surface area contributed by atoms with Crippen LogP contribution in [-0.4, -0.2) is 39.4 Å². The number of hydrogen-bond acceptors (Lipinski definition) is 7. The van der Waals surface area contributed by atoms with Crippen molar-refractivity contribution in [2.45, 2.75) is 0 Å². The van der Waals surface area contributed by atoms with E-state index in [1.807, 2.05) is 0 Å². The summed E-state index contributed by atoms with van der Waals surface area (Å²) in [6.45, 7) is -0.244. The Morgan fingerprint density at radius 1 is 1.00 bits per heavy atom. The minimum Gasteiger partial charge on any atom is -0.497 e. The van der Waals surface area contributed by atoms with Crippen LogP contribution < -0.4 is 18.9 Å². The summed E-state index contributed by atoms with van der Waals surface area (Å²) < 4.78 is 25.8. The first kappa shape index (κ1) is 18.3. The molecule has 0 bridgehead atoms. The number of methoxy groups -OCH3 is 2. The lowest BCUT2D eigenvalue weighted by atomic mass is 10.1.